The van der Waals surface area contributed by atoms with Crippen molar-refractivity contribution in [1.82, 2.24) is 0 Å². The number of fused-ring (bicyclic) bond motifs is 1. The zero-order valence-corrected chi connectivity index (χ0v) is 16.3. The number of hydrogen-bond acceptors (Lipinski definition) is 4. The highest BCUT2D eigenvalue weighted by Crippen LogP contribution is 2.36. The summed E-state index contributed by atoms with van der Waals surface area (Å²) < 4.78 is 31.0. The van der Waals surface area contributed by atoms with Crippen LogP contribution in [0.15, 0.2) is 48.5 Å². The first-order valence-corrected chi connectivity index (χ1v) is 11.0. The number of sulfone groups is 1. The number of aryl methyl sites for hydroxylation is 1. The monoisotopic (exact) mass is 387 g/mol. The van der Waals surface area contributed by atoms with Crippen molar-refractivity contribution >= 4 is 21.4 Å². The van der Waals surface area contributed by atoms with Gasteiger partial charge in [-0.1, -0.05) is 24.3 Å². The molecule has 1 aliphatic rings. The molecule has 0 heterocycles. The minimum Gasteiger partial charge on any atom is -0.494 e. The molecule has 6 heteroatoms. The average molecular weight is 388 g/mol. The number of carbonyl (C=O) groups excluding carboxylic acids is 1. The van der Waals surface area contributed by atoms with Gasteiger partial charge in [0.1, 0.15) is 5.75 Å². The molecule has 0 aliphatic heterocycles. The van der Waals surface area contributed by atoms with E-state index in [4.69, 9.17) is 4.74 Å². The van der Waals surface area contributed by atoms with Crippen molar-refractivity contribution in [1.29, 1.82) is 0 Å². The summed E-state index contributed by atoms with van der Waals surface area (Å²) in [5, 5.41) is 2.25. The predicted octanol–water partition coefficient (Wildman–Crippen LogP) is 3.91. The molecule has 1 atom stereocenters. The minimum absolute atomic E-state index is 0.0474. The van der Waals surface area contributed by atoms with Gasteiger partial charge in [0.2, 0.25) is 5.91 Å². The van der Waals surface area contributed by atoms with Crippen LogP contribution >= 0.6 is 0 Å². The van der Waals surface area contributed by atoms with Gasteiger partial charge in [-0.05, 0) is 61.6 Å². The molecule has 0 fully saturated rings. The summed E-state index contributed by atoms with van der Waals surface area (Å²) in [5.74, 6) is 0.287. The van der Waals surface area contributed by atoms with E-state index in [-0.39, 0.29) is 18.1 Å². The van der Waals surface area contributed by atoms with Crippen LogP contribution in [0.3, 0.4) is 0 Å². The summed E-state index contributed by atoms with van der Waals surface area (Å²) in [6, 6.07) is 14.8. The third-order valence-corrected chi connectivity index (χ3v) is 6.94. The van der Waals surface area contributed by atoms with E-state index in [0.29, 0.717) is 18.7 Å². The minimum atomic E-state index is -3.38. The van der Waals surface area contributed by atoms with Crippen molar-refractivity contribution in [2.45, 2.75) is 37.9 Å². The molecule has 0 bridgehead atoms. The number of anilines is 1. The summed E-state index contributed by atoms with van der Waals surface area (Å²) in [6.45, 7) is 2.48. The molecule has 2 aromatic rings. The highest BCUT2D eigenvalue weighted by atomic mass is 32.2. The number of nitrogens with one attached hydrogen (secondary N) is 1. The highest BCUT2D eigenvalue weighted by molar-refractivity contribution is 7.91. The number of ether oxygens (including phenoxy) is 1. The van der Waals surface area contributed by atoms with Gasteiger partial charge in [0.25, 0.3) is 0 Å². The van der Waals surface area contributed by atoms with E-state index in [0.717, 1.165) is 29.7 Å². The Morgan fingerprint density at radius 2 is 1.89 bits per heavy atom. The molecule has 1 amide bonds. The van der Waals surface area contributed by atoms with Gasteiger partial charge in [-0.3, -0.25) is 4.79 Å². The topological polar surface area (TPSA) is 72.5 Å². The Kier molecular flexibility index (Phi) is 6.16. The normalized spacial score (nSPS) is 16.4. The van der Waals surface area contributed by atoms with E-state index in [1.54, 1.807) is 24.3 Å². The van der Waals surface area contributed by atoms with Gasteiger partial charge in [-0.2, -0.15) is 0 Å². The lowest BCUT2D eigenvalue weighted by atomic mass is 9.91. The number of benzene rings is 2. The van der Waals surface area contributed by atoms with Crippen LogP contribution in [0, 0.1) is 0 Å². The Balaban J connectivity index is 1.60. The summed E-state index contributed by atoms with van der Waals surface area (Å²) >= 11 is 0. The van der Waals surface area contributed by atoms with Crippen LogP contribution in [0.1, 0.15) is 42.6 Å². The van der Waals surface area contributed by atoms with Crippen molar-refractivity contribution < 1.29 is 17.9 Å². The van der Waals surface area contributed by atoms with Gasteiger partial charge >= 0.3 is 0 Å². The summed E-state index contributed by atoms with van der Waals surface area (Å²) in [7, 11) is -3.38. The summed E-state index contributed by atoms with van der Waals surface area (Å²) in [5.41, 5.74) is 2.63. The van der Waals surface area contributed by atoms with Crippen LogP contribution < -0.4 is 10.1 Å². The number of carbonyl (C=O) groups is 1. The fourth-order valence-electron chi connectivity index (χ4n) is 3.48. The molecule has 27 heavy (non-hydrogen) atoms. The number of rotatable bonds is 7. The molecule has 3 rings (SSSR count). The maximum absolute atomic E-state index is 12.8. The maximum atomic E-state index is 12.8. The van der Waals surface area contributed by atoms with Crippen LogP contribution in [0.4, 0.5) is 5.69 Å². The zero-order chi connectivity index (χ0) is 19.3. The van der Waals surface area contributed by atoms with Crippen molar-refractivity contribution in [3.63, 3.8) is 0 Å². The summed E-state index contributed by atoms with van der Waals surface area (Å²) in [6.07, 6.45) is 2.35. The fraction of sp³-hybridized carbons (Fsp3) is 0.381. The van der Waals surface area contributed by atoms with E-state index in [1.807, 2.05) is 31.2 Å². The number of hydrogen-bond donors (Lipinski definition) is 1. The Hall–Kier alpha value is -2.34. The fourth-order valence-corrected chi connectivity index (χ4v) is 5.38. The second-order valence-corrected chi connectivity index (χ2v) is 9.01. The predicted molar refractivity (Wildman–Crippen MR) is 107 cm³/mol. The highest BCUT2D eigenvalue weighted by Gasteiger charge is 2.31. The average Bonchev–Trinajstić information content (AvgIpc) is 2.68. The Bertz CT molecular complexity index is 891. The molecule has 0 saturated carbocycles. The van der Waals surface area contributed by atoms with Crippen LogP contribution in [0.5, 0.6) is 5.75 Å². The van der Waals surface area contributed by atoms with Gasteiger partial charge in [-0.25, -0.2) is 8.42 Å². The quantitative estimate of drug-likeness (QED) is 0.782. The van der Waals surface area contributed by atoms with Crippen LogP contribution in [0.2, 0.25) is 0 Å². The Labute approximate surface area is 160 Å². The van der Waals surface area contributed by atoms with E-state index in [1.165, 1.54) is 0 Å². The SMILES string of the molecule is CCOc1ccc(NC(=O)CCS(=O)(=O)C2CCCc3ccccc32)cc1. The first-order valence-electron chi connectivity index (χ1n) is 9.31. The maximum Gasteiger partial charge on any atom is 0.225 e. The van der Waals surface area contributed by atoms with Gasteiger partial charge in [0.05, 0.1) is 17.6 Å². The van der Waals surface area contributed by atoms with Crippen LogP contribution in [-0.2, 0) is 21.1 Å². The smallest absolute Gasteiger partial charge is 0.225 e. The van der Waals surface area contributed by atoms with Crippen molar-refractivity contribution in [3.8, 4) is 5.75 Å². The lowest BCUT2D eigenvalue weighted by Gasteiger charge is -2.25. The third-order valence-electron chi connectivity index (χ3n) is 4.81. The van der Waals surface area contributed by atoms with Crippen LogP contribution in [0.25, 0.3) is 0 Å². The summed E-state index contributed by atoms with van der Waals surface area (Å²) in [4.78, 5) is 12.2. The van der Waals surface area contributed by atoms with Gasteiger partial charge in [0.15, 0.2) is 9.84 Å². The zero-order valence-electron chi connectivity index (χ0n) is 15.5. The lowest BCUT2D eigenvalue weighted by molar-refractivity contribution is -0.115. The molecular formula is C21H25NO4S. The van der Waals surface area contributed by atoms with E-state index >= 15 is 0 Å². The molecule has 1 aliphatic carbocycles. The molecule has 5 nitrogen and oxygen atoms in total. The second kappa shape index (κ2) is 8.57. The number of amides is 1. The standard InChI is InChI=1S/C21H25NO4S/c1-2-26-18-12-10-17(11-13-18)22-21(23)14-15-27(24,25)20-9-5-7-16-6-3-4-8-19(16)20/h3-4,6,8,10-13,20H,2,5,7,9,14-15H2,1H3,(H,22,23). The molecule has 0 aromatic heterocycles. The molecule has 144 valence electrons. The van der Waals surface area contributed by atoms with E-state index in [9.17, 15) is 13.2 Å². The molecular weight excluding hydrogens is 362 g/mol. The molecule has 2 aromatic carbocycles. The van der Waals surface area contributed by atoms with Crippen molar-refractivity contribution in [2.24, 2.45) is 0 Å². The first kappa shape index (κ1) is 19.4. The van der Waals surface area contributed by atoms with Crippen molar-refractivity contribution in [3.05, 3.63) is 59.7 Å². The second-order valence-electron chi connectivity index (χ2n) is 6.70. The van der Waals surface area contributed by atoms with E-state index < -0.39 is 15.1 Å². The molecule has 0 saturated heterocycles. The molecule has 0 spiro atoms. The third kappa shape index (κ3) is 4.89. The Morgan fingerprint density at radius 1 is 1.15 bits per heavy atom. The van der Waals surface area contributed by atoms with Gasteiger partial charge in [0, 0.05) is 12.1 Å². The largest absolute Gasteiger partial charge is 0.494 e. The van der Waals surface area contributed by atoms with E-state index in [2.05, 4.69) is 5.32 Å². The molecule has 1 unspecified atom stereocenters. The first-order chi connectivity index (χ1) is 13.0. The van der Waals surface area contributed by atoms with Gasteiger partial charge in [-0.15, -0.1) is 0 Å². The molecule has 1 N–H and O–H groups in total. The van der Waals surface area contributed by atoms with Crippen LogP contribution in [-0.4, -0.2) is 26.7 Å². The Morgan fingerprint density at radius 3 is 2.63 bits per heavy atom. The lowest BCUT2D eigenvalue weighted by Crippen LogP contribution is -2.24. The molecule has 0 radical (unpaired) electrons. The van der Waals surface area contributed by atoms with Gasteiger partial charge < -0.3 is 10.1 Å². The van der Waals surface area contributed by atoms with Crippen molar-refractivity contribution in [2.75, 3.05) is 17.7 Å².